The summed E-state index contributed by atoms with van der Waals surface area (Å²) in [6, 6.07) is 8.15. The van der Waals surface area contributed by atoms with Crippen molar-refractivity contribution < 1.29 is 19.4 Å². The first-order valence-electron chi connectivity index (χ1n) is 8.94. The van der Waals surface area contributed by atoms with Crippen molar-refractivity contribution in [2.75, 3.05) is 13.1 Å². The second kappa shape index (κ2) is 7.46. The summed E-state index contributed by atoms with van der Waals surface area (Å²) in [6.07, 6.45) is 1.98. The zero-order chi connectivity index (χ0) is 18.7. The van der Waals surface area contributed by atoms with Crippen molar-refractivity contribution in [2.45, 2.75) is 59.0 Å². The van der Waals surface area contributed by atoms with Crippen molar-refractivity contribution in [1.82, 2.24) is 4.90 Å². The van der Waals surface area contributed by atoms with E-state index in [9.17, 15) is 14.7 Å². The predicted molar refractivity (Wildman–Crippen MR) is 96.6 cm³/mol. The molecule has 0 aliphatic carbocycles. The van der Waals surface area contributed by atoms with Crippen LogP contribution in [0.1, 0.15) is 51.7 Å². The summed E-state index contributed by atoms with van der Waals surface area (Å²) in [7, 11) is 0. The van der Waals surface area contributed by atoms with Gasteiger partial charge in [0.05, 0.1) is 5.41 Å². The van der Waals surface area contributed by atoms with Gasteiger partial charge in [0.2, 0.25) is 0 Å². The molecule has 1 amide bonds. The normalized spacial score (nSPS) is 17.2. The topological polar surface area (TPSA) is 66.8 Å². The number of carbonyl (C=O) groups excluding carboxylic acids is 1. The minimum atomic E-state index is -0.813. The average Bonchev–Trinajstić information content (AvgIpc) is 2.54. The number of benzene rings is 1. The molecule has 5 nitrogen and oxygen atoms in total. The number of carboxylic acids is 1. The molecule has 1 aromatic carbocycles. The van der Waals surface area contributed by atoms with Crippen molar-refractivity contribution in [2.24, 2.45) is 5.41 Å². The number of carbonyl (C=O) groups is 2. The third-order valence-electron chi connectivity index (χ3n) is 4.80. The molecular weight excluding hydrogens is 318 g/mol. The molecule has 25 heavy (non-hydrogen) atoms. The van der Waals surface area contributed by atoms with E-state index in [4.69, 9.17) is 4.74 Å². The van der Waals surface area contributed by atoms with Gasteiger partial charge in [-0.1, -0.05) is 31.2 Å². The molecule has 1 fully saturated rings. The zero-order valence-electron chi connectivity index (χ0n) is 15.7. The van der Waals surface area contributed by atoms with Crippen LogP contribution in [-0.2, 0) is 22.4 Å². The summed E-state index contributed by atoms with van der Waals surface area (Å²) in [5.41, 5.74) is 0.921. The number of carboxylic acid groups (broad SMARTS) is 1. The smallest absolute Gasteiger partial charge is 0.410 e. The zero-order valence-corrected chi connectivity index (χ0v) is 15.7. The third kappa shape index (κ3) is 4.97. The number of ether oxygens (including phenoxy) is 1. The first kappa shape index (κ1) is 19.3. The van der Waals surface area contributed by atoms with Crippen LogP contribution in [0, 0.1) is 5.41 Å². The molecular formula is C20H29NO4. The van der Waals surface area contributed by atoms with E-state index in [2.05, 4.69) is 19.1 Å². The Hall–Kier alpha value is -2.04. The number of hydrogen-bond donors (Lipinski definition) is 1. The van der Waals surface area contributed by atoms with Gasteiger partial charge in [0.15, 0.2) is 0 Å². The van der Waals surface area contributed by atoms with E-state index in [0.717, 1.165) is 12.0 Å². The molecule has 1 heterocycles. The van der Waals surface area contributed by atoms with Gasteiger partial charge in [-0.15, -0.1) is 0 Å². The van der Waals surface area contributed by atoms with Crippen LogP contribution < -0.4 is 0 Å². The fourth-order valence-electron chi connectivity index (χ4n) is 3.19. The Morgan fingerprint density at radius 1 is 1.12 bits per heavy atom. The van der Waals surface area contributed by atoms with Crippen molar-refractivity contribution in [3.8, 4) is 0 Å². The summed E-state index contributed by atoms with van der Waals surface area (Å²) >= 11 is 0. The van der Waals surface area contributed by atoms with Crippen molar-refractivity contribution in [3.63, 3.8) is 0 Å². The lowest BCUT2D eigenvalue weighted by atomic mass is 9.74. The van der Waals surface area contributed by atoms with Crippen LogP contribution in [0.3, 0.4) is 0 Å². The number of aliphatic carboxylic acids is 1. The van der Waals surface area contributed by atoms with Crippen molar-refractivity contribution in [1.29, 1.82) is 0 Å². The molecule has 0 spiro atoms. The molecule has 2 rings (SSSR count). The summed E-state index contributed by atoms with van der Waals surface area (Å²) in [5, 5.41) is 9.83. The Bertz CT molecular complexity index is 608. The van der Waals surface area contributed by atoms with Crippen molar-refractivity contribution >= 4 is 12.1 Å². The van der Waals surface area contributed by atoms with E-state index in [-0.39, 0.29) is 6.09 Å². The van der Waals surface area contributed by atoms with Gasteiger partial charge in [-0.3, -0.25) is 4.79 Å². The van der Waals surface area contributed by atoms with E-state index in [1.807, 2.05) is 32.9 Å². The van der Waals surface area contributed by atoms with Crippen LogP contribution in [0.4, 0.5) is 4.79 Å². The number of piperidine rings is 1. The molecule has 0 aromatic heterocycles. The second-order valence-electron chi connectivity index (χ2n) is 7.90. The molecule has 0 atom stereocenters. The van der Waals surface area contributed by atoms with Gasteiger partial charge < -0.3 is 14.7 Å². The van der Waals surface area contributed by atoms with Crippen molar-refractivity contribution in [3.05, 3.63) is 35.4 Å². The Morgan fingerprint density at radius 2 is 1.64 bits per heavy atom. The van der Waals surface area contributed by atoms with E-state index in [1.165, 1.54) is 5.56 Å². The number of nitrogens with zero attached hydrogens (tertiary/aromatic N) is 1. The van der Waals surface area contributed by atoms with Crippen LogP contribution >= 0.6 is 0 Å². The molecule has 138 valence electrons. The van der Waals surface area contributed by atoms with Crippen LogP contribution in [0.2, 0.25) is 0 Å². The predicted octanol–water partition coefficient (Wildman–Crippen LogP) is 3.89. The molecule has 0 bridgehead atoms. The van der Waals surface area contributed by atoms with Gasteiger partial charge in [-0.2, -0.15) is 0 Å². The molecule has 1 saturated heterocycles. The fraction of sp³-hybridized carbons (Fsp3) is 0.600. The van der Waals surface area contributed by atoms with E-state index < -0.39 is 17.0 Å². The first-order chi connectivity index (χ1) is 11.6. The minimum Gasteiger partial charge on any atom is -0.481 e. The van der Waals surface area contributed by atoms with Crippen LogP contribution in [0.5, 0.6) is 0 Å². The second-order valence-corrected chi connectivity index (χ2v) is 7.90. The Morgan fingerprint density at radius 3 is 2.08 bits per heavy atom. The van der Waals surface area contributed by atoms with Crippen LogP contribution in [0.25, 0.3) is 0 Å². The van der Waals surface area contributed by atoms with Gasteiger partial charge in [0.1, 0.15) is 5.60 Å². The highest BCUT2D eigenvalue weighted by Gasteiger charge is 2.43. The molecule has 1 N–H and O–H groups in total. The molecule has 1 aliphatic heterocycles. The maximum Gasteiger partial charge on any atom is 0.410 e. The molecule has 1 aliphatic rings. The highest BCUT2D eigenvalue weighted by molar-refractivity contribution is 5.76. The molecule has 0 radical (unpaired) electrons. The van der Waals surface area contributed by atoms with E-state index >= 15 is 0 Å². The third-order valence-corrected chi connectivity index (χ3v) is 4.80. The molecule has 1 aromatic rings. The van der Waals surface area contributed by atoms with Gasteiger partial charge in [-0.05, 0) is 57.6 Å². The summed E-state index contributed by atoms with van der Waals surface area (Å²) in [5.74, 6) is -0.782. The minimum absolute atomic E-state index is 0.362. The summed E-state index contributed by atoms with van der Waals surface area (Å²) in [6.45, 7) is 8.41. The largest absolute Gasteiger partial charge is 0.481 e. The average molecular weight is 347 g/mol. The number of likely N-dealkylation sites (tertiary alicyclic amines) is 1. The molecule has 0 saturated carbocycles. The number of rotatable bonds is 4. The summed E-state index contributed by atoms with van der Waals surface area (Å²) in [4.78, 5) is 25.8. The monoisotopic (exact) mass is 347 g/mol. The number of amides is 1. The highest BCUT2D eigenvalue weighted by Crippen LogP contribution is 2.36. The lowest BCUT2D eigenvalue weighted by Gasteiger charge is -2.39. The maximum absolute atomic E-state index is 12.2. The van der Waals surface area contributed by atoms with Gasteiger partial charge in [0.25, 0.3) is 0 Å². The SMILES string of the molecule is CCc1ccc(CC2(C(=O)O)CCN(C(=O)OC(C)(C)C)CC2)cc1. The molecule has 0 unspecified atom stereocenters. The first-order valence-corrected chi connectivity index (χ1v) is 8.94. The summed E-state index contributed by atoms with van der Waals surface area (Å²) < 4.78 is 5.39. The Kier molecular flexibility index (Phi) is 5.76. The Labute approximate surface area is 150 Å². The lowest BCUT2D eigenvalue weighted by molar-refractivity contribution is -0.152. The standard InChI is InChI=1S/C20H29NO4/c1-5-15-6-8-16(9-7-15)14-20(17(22)23)10-12-21(13-11-20)18(24)25-19(2,3)4/h6-9H,5,10-14H2,1-4H3,(H,22,23). The van der Waals surface area contributed by atoms with Gasteiger partial charge in [-0.25, -0.2) is 4.79 Å². The van der Waals surface area contributed by atoms with Crippen LogP contribution in [0.15, 0.2) is 24.3 Å². The van der Waals surface area contributed by atoms with E-state index in [1.54, 1.807) is 4.90 Å². The van der Waals surface area contributed by atoms with E-state index in [0.29, 0.717) is 32.4 Å². The number of hydrogen-bond acceptors (Lipinski definition) is 3. The quantitative estimate of drug-likeness (QED) is 0.897. The van der Waals surface area contributed by atoms with Gasteiger partial charge in [0, 0.05) is 13.1 Å². The van der Waals surface area contributed by atoms with Crippen LogP contribution in [-0.4, -0.2) is 40.8 Å². The highest BCUT2D eigenvalue weighted by atomic mass is 16.6. The number of aryl methyl sites for hydroxylation is 1. The maximum atomic E-state index is 12.2. The molecule has 5 heteroatoms. The fourth-order valence-corrected chi connectivity index (χ4v) is 3.19. The lowest BCUT2D eigenvalue weighted by Crippen LogP contribution is -2.48. The van der Waals surface area contributed by atoms with Gasteiger partial charge >= 0.3 is 12.1 Å². The Balaban J connectivity index is 2.05.